The summed E-state index contributed by atoms with van der Waals surface area (Å²) in [6.45, 7) is 3.78. The summed E-state index contributed by atoms with van der Waals surface area (Å²) in [6, 6.07) is 19.3. The fourth-order valence-electron chi connectivity index (χ4n) is 5.18. The third-order valence-corrected chi connectivity index (χ3v) is 7.08. The molecule has 0 fully saturated rings. The van der Waals surface area contributed by atoms with E-state index in [9.17, 15) is 9.90 Å². The zero-order chi connectivity index (χ0) is 24.8. The molecule has 1 atom stereocenters. The number of para-hydroxylation sites is 1. The van der Waals surface area contributed by atoms with Crippen molar-refractivity contribution in [3.63, 3.8) is 0 Å². The highest BCUT2D eigenvalue weighted by molar-refractivity contribution is 6.00. The Morgan fingerprint density at radius 2 is 1.92 bits per heavy atom. The minimum Gasteiger partial charge on any atom is -0.374 e. The number of fused-ring (bicyclic) bond motifs is 2. The summed E-state index contributed by atoms with van der Waals surface area (Å²) >= 11 is 0. The molecule has 5 aromatic rings. The molecule has 180 valence electrons. The first-order valence-electron chi connectivity index (χ1n) is 12.1. The molecule has 2 aromatic heterocycles. The molecule has 36 heavy (non-hydrogen) atoms. The molecule has 0 amide bonds. The Morgan fingerprint density at radius 1 is 1.06 bits per heavy atom. The van der Waals surface area contributed by atoms with Crippen LogP contribution in [0.1, 0.15) is 29.5 Å². The van der Waals surface area contributed by atoms with Crippen molar-refractivity contribution in [2.24, 2.45) is 5.73 Å². The van der Waals surface area contributed by atoms with E-state index in [1.54, 1.807) is 17.0 Å². The van der Waals surface area contributed by atoms with Crippen molar-refractivity contribution in [3.05, 3.63) is 100 Å². The Hall–Kier alpha value is -4.04. The van der Waals surface area contributed by atoms with E-state index >= 15 is 0 Å². The van der Waals surface area contributed by atoms with E-state index in [2.05, 4.69) is 33.5 Å². The van der Waals surface area contributed by atoms with Crippen LogP contribution in [0.25, 0.3) is 44.2 Å². The number of aliphatic hydroxyl groups is 1. The van der Waals surface area contributed by atoms with Crippen molar-refractivity contribution in [1.29, 1.82) is 0 Å². The molecule has 3 aromatic carbocycles. The average Bonchev–Trinajstić information content (AvgIpc) is 3.35. The summed E-state index contributed by atoms with van der Waals surface area (Å²) < 4.78 is 1.61. The molecule has 3 heterocycles. The first-order valence-corrected chi connectivity index (χ1v) is 12.1. The standard InChI is InChI=1S/C29H27N5O2/c1-17-19(6-4-8-26(17)34-16-32-24-7-3-2-5-21(24)29(34)36)20-9-10-22(28(30)35)27-23(20)15-25(33-27)18-11-13-31-14-12-18/h2-11,15-16,28,31,33,35H,12-14,30H2,1H3. The first-order chi connectivity index (χ1) is 17.5. The minimum absolute atomic E-state index is 0.102. The zero-order valence-electron chi connectivity index (χ0n) is 20.0. The number of aromatic amines is 1. The van der Waals surface area contributed by atoms with Gasteiger partial charge in [-0.2, -0.15) is 0 Å². The Bertz CT molecular complexity index is 1710. The molecule has 0 radical (unpaired) electrons. The normalized spacial score (nSPS) is 14.8. The second-order valence-corrected chi connectivity index (χ2v) is 9.19. The molecule has 0 spiro atoms. The van der Waals surface area contributed by atoms with Gasteiger partial charge in [0.1, 0.15) is 12.6 Å². The van der Waals surface area contributed by atoms with Gasteiger partial charge in [0.2, 0.25) is 0 Å². The number of aromatic nitrogens is 3. The lowest BCUT2D eigenvalue weighted by atomic mass is 9.94. The van der Waals surface area contributed by atoms with E-state index in [4.69, 9.17) is 5.73 Å². The molecule has 1 aliphatic heterocycles. The highest BCUT2D eigenvalue weighted by Crippen LogP contribution is 2.37. The number of benzene rings is 3. The van der Waals surface area contributed by atoms with Gasteiger partial charge in [0.15, 0.2) is 0 Å². The lowest BCUT2D eigenvalue weighted by Crippen LogP contribution is -2.20. The Kier molecular flexibility index (Phi) is 5.53. The van der Waals surface area contributed by atoms with Crippen molar-refractivity contribution in [1.82, 2.24) is 19.9 Å². The SMILES string of the molecule is Cc1c(-c2ccc(C(N)O)c3[nH]c(C4=CCNCC4)cc23)cccc1-n1cnc2ccccc2c1=O. The summed E-state index contributed by atoms with van der Waals surface area (Å²) in [5, 5.41) is 15.2. The van der Waals surface area contributed by atoms with Crippen molar-refractivity contribution in [2.45, 2.75) is 19.6 Å². The van der Waals surface area contributed by atoms with Gasteiger partial charge in [-0.05, 0) is 66.4 Å². The molecule has 0 bridgehead atoms. The van der Waals surface area contributed by atoms with Gasteiger partial charge in [-0.1, -0.05) is 42.5 Å². The number of nitrogens with one attached hydrogen (secondary N) is 2. The maximum atomic E-state index is 13.3. The monoisotopic (exact) mass is 477 g/mol. The molecule has 5 N–H and O–H groups in total. The number of nitrogens with two attached hydrogens (primary N) is 1. The van der Waals surface area contributed by atoms with Crippen LogP contribution in [0.2, 0.25) is 0 Å². The van der Waals surface area contributed by atoms with Gasteiger partial charge in [-0.15, -0.1) is 0 Å². The van der Waals surface area contributed by atoms with Crippen molar-refractivity contribution >= 4 is 27.4 Å². The van der Waals surface area contributed by atoms with Gasteiger partial charge in [0.25, 0.3) is 5.56 Å². The summed E-state index contributed by atoms with van der Waals surface area (Å²) in [5.41, 5.74) is 14.0. The number of aliphatic hydroxyl groups excluding tert-OH is 1. The Labute approximate surface area is 207 Å². The van der Waals surface area contributed by atoms with Gasteiger partial charge in [-0.25, -0.2) is 4.98 Å². The molecule has 1 unspecified atom stereocenters. The lowest BCUT2D eigenvalue weighted by molar-refractivity contribution is 0.187. The third-order valence-electron chi connectivity index (χ3n) is 7.08. The van der Waals surface area contributed by atoms with Crippen LogP contribution in [0.4, 0.5) is 0 Å². The van der Waals surface area contributed by atoms with Crippen molar-refractivity contribution < 1.29 is 5.11 Å². The maximum Gasteiger partial charge on any atom is 0.265 e. The highest BCUT2D eigenvalue weighted by atomic mass is 16.3. The largest absolute Gasteiger partial charge is 0.374 e. The summed E-state index contributed by atoms with van der Waals surface area (Å²) in [6.07, 6.45) is 3.62. The minimum atomic E-state index is -1.09. The van der Waals surface area contributed by atoms with Gasteiger partial charge >= 0.3 is 0 Å². The topological polar surface area (TPSA) is 109 Å². The highest BCUT2D eigenvalue weighted by Gasteiger charge is 2.19. The second-order valence-electron chi connectivity index (χ2n) is 9.19. The zero-order valence-corrected chi connectivity index (χ0v) is 20.0. The number of hydrogen-bond donors (Lipinski definition) is 4. The van der Waals surface area contributed by atoms with Gasteiger partial charge in [0, 0.05) is 23.2 Å². The molecule has 1 aliphatic rings. The van der Waals surface area contributed by atoms with Crippen LogP contribution in [0, 0.1) is 6.92 Å². The molecule has 0 saturated carbocycles. The van der Waals surface area contributed by atoms with Gasteiger partial charge in [0.05, 0.1) is 22.1 Å². The molecule has 0 saturated heterocycles. The van der Waals surface area contributed by atoms with Crippen LogP contribution in [-0.2, 0) is 0 Å². The number of hydrogen-bond acceptors (Lipinski definition) is 5. The van der Waals surface area contributed by atoms with Crippen LogP contribution in [0.15, 0.2) is 77.9 Å². The number of rotatable bonds is 4. The fraction of sp³-hybridized carbons (Fsp3) is 0.172. The second kappa shape index (κ2) is 8.87. The number of H-pyrrole nitrogens is 1. The first kappa shape index (κ1) is 22.4. The van der Waals surface area contributed by atoms with Gasteiger partial charge < -0.3 is 21.1 Å². The molecule has 7 heteroatoms. The summed E-state index contributed by atoms with van der Waals surface area (Å²) in [7, 11) is 0. The maximum absolute atomic E-state index is 13.3. The van der Waals surface area contributed by atoms with E-state index in [0.717, 1.165) is 58.5 Å². The molecular formula is C29H27N5O2. The Morgan fingerprint density at radius 3 is 2.72 bits per heavy atom. The van der Waals surface area contributed by atoms with Crippen LogP contribution in [0.5, 0.6) is 0 Å². The van der Waals surface area contributed by atoms with E-state index in [1.807, 2.05) is 49.4 Å². The molecule has 7 nitrogen and oxygen atoms in total. The van der Waals surface area contributed by atoms with Crippen LogP contribution in [0.3, 0.4) is 0 Å². The van der Waals surface area contributed by atoms with Gasteiger partial charge in [-0.3, -0.25) is 9.36 Å². The summed E-state index contributed by atoms with van der Waals surface area (Å²) in [4.78, 5) is 21.3. The fourth-order valence-corrected chi connectivity index (χ4v) is 5.18. The Balaban J connectivity index is 1.55. The van der Waals surface area contributed by atoms with E-state index in [0.29, 0.717) is 16.5 Å². The van der Waals surface area contributed by atoms with E-state index in [-0.39, 0.29) is 5.56 Å². The van der Waals surface area contributed by atoms with Crippen molar-refractivity contribution in [2.75, 3.05) is 13.1 Å². The van der Waals surface area contributed by atoms with Crippen LogP contribution < -0.4 is 16.6 Å². The number of nitrogens with zero attached hydrogens (tertiary/aromatic N) is 2. The van der Waals surface area contributed by atoms with Crippen LogP contribution in [-0.4, -0.2) is 32.7 Å². The lowest BCUT2D eigenvalue weighted by Gasteiger charge is -2.16. The predicted octanol–water partition coefficient (Wildman–Crippen LogP) is 4.17. The smallest absolute Gasteiger partial charge is 0.265 e. The molecule has 6 rings (SSSR count). The summed E-state index contributed by atoms with van der Waals surface area (Å²) in [5.74, 6) is 0. The quantitative estimate of drug-likeness (QED) is 0.291. The predicted molar refractivity (Wildman–Crippen MR) is 144 cm³/mol. The van der Waals surface area contributed by atoms with E-state index < -0.39 is 6.23 Å². The molecular weight excluding hydrogens is 450 g/mol. The van der Waals surface area contributed by atoms with Crippen molar-refractivity contribution in [3.8, 4) is 16.8 Å². The third kappa shape index (κ3) is 3.65. The van der Waals surface area contributed by atoms with Crippen LogP contribution >= 0.6 is 0 Å². The molecule has 0 aliphatic carbocycles. The average molecular weight is 478 g/mol. The van der Waals surface area contributed by atoms with E-state index in [1.165, 1.54) is 5.57 Å².